The predicted octanol–water partition coefficient (Wildman–Crippen LogP) is 17.4. The second kappa shape index (κ2) is 13.9. The normalized spacial score (nSPS) is 13.0. The van der Waals surface area contributed by atoms with E-state index in [0.717, 1.165) is 83.2 Å². The first-order chi connectivity index (χ1) is 31.5. The highest BCUT2D eigenvalue weighted by Crippen LogP contribution is 2.52. The fraction of sp³-hybridized carbons (Fsp3) is 0.0492. The highest BCUT2D eigenvalue weighted by Gasteiger charge is 2.36. The highest BCUT2D eigenvalue weighted by molar-refractivity contribution is 6.27. The van der Waals surface area contributed by atoms with Crippen LogP contribution in [0.3, 0.4) is 0 Å². The molecule has 0 spiro atoms. The molecule has 302 valence electrons. The Kier molecular flexibility index (Phi) is 7.95. The van der Waals surface area contributed by atoms with Crippen LogP contribution in [-0.2, 0) is 5.41 Å². The summed E-state index contributed by atoms with van der Waals surface area (Å²) in [4.78, 5) is 2.39. The van der Waals surface area contributed by atoms with Gasteiger partial charge in [0.25, 0.3) is 0 Å². The molecule has 0 saturated carbocycles. The summed E-state index contributed by atoms with van der Waals surface area (Å²) in [5.41, 5.74) is 18.7. The van der Waals surface area contributed by atoms with Gasteiger partial charge in [-0.15, -0.1) is 0 Å². The molecule has 1 aliphatic carbocycles. The minimum absolute atomic E-state index is 0.123. The van der Waals surface area contributed by atoms with Crippen LogP contribution in [0, 0.1) is 0 Å². The van der Waals surface area contributed by atoms with Crippen LogP contribution in [0.5, 0.6) is 0 Å². The van der Waals surface area contributed by atoms with E-state index in [-0.39, 0.29) is 5.41 Å². The Morgan fingerprint density at radius 3 is 1.78 bits per heavy atom. The standard InChI is InChI=1S/C61H41NO2/c1-61(2)52-23-10-8-19-47(52)48-35-34-44(36-53(48)61)62(42-30-26-39(27-31-42)38-14-4-3-5-15-38)43-32-28-41(29-33-43)46-21-13-25-55-57(46)51-37-56-58(50-20-9-11-24-54(50)63-56)59(60(51)64-55)49-22-12-17-40-16-6-7-18-45(40)49/h3-37H,1-2H3. The molecule has 0 amide bonds. The molecule has 10 aromatic carbocycles. The van der Waals surface area contributed by atoms with E-state index in [1.54, 1.807) is 0 Å². The van der Waals surface area contributed by atoms with Gasteiger partial charge in [-0.1, -0.05) is 172 Å². The Morgan fingerprint density at radius 1 is 0.359 bits per heavy atom. The van der Waals surface area contributed by atoms with Gasteiger partial charge in [0.15, 0.2) is 0 Å². The van der Waals surface area contributed by atoms with Gasteiger partial charge in [-0.3, -0.25) is 0 Å². The minimum Gasteiger partial charge on any atom is -0.456 e. The Labute approximate surface area is 371 Å². The first-order valence-electron chi connectivity index (χ1n) is 22.1. The van der Waals surface area contributed by atoms with E-state index in [0.29, 0.717) is 0 Å². The third kappa shape index (κ3) is 5.47. The molecule has 0 saturated heterocycles. The lowest BCUT2D eigenvalue weighted by Crippen LogP contribution is -2.16. The van der Waals surface area contributed by atoms with Crippen LogP contribution in [0.4, 0.5) is 17.1 Å². The van der Waals surface area contributed by atoms with E-state index in [4.69, 9.17) is 8.83 Å². The van der Waals surface area contributed by atoms with Crippen molar-refractivity contribution in [1.82, 2.24) is 0 Å². The largest absolute Gasteiger partial charge is 0.456 e. The molecule has 0 fully saturated rings. The zero-order chi connectivity index (χ0) is 42.5. The molecule has 3 heteroatoms. The molecule has 0 bridgehead atoms. The van der Waals surface area contributed by atoms with Gasteiger partial charge < -0.3 is 13.7 Å². The first kappa shape index (κ1) is 36.5. The van der Waals surface area contributed by atoms with Crippen molar-refractivity contribution in [2.75, 3.05) is 4.90 Å². The van der Waals surface area contributed by atoms with Crippen LogP contribution in [-0.4, -0.2) is 0 Å². The van der Waals surface area contributed by atoms with Gasteiger partial charge in [0.05, 0.1) is 0 Å². The van der Waals surface area contributed by atoms with Gasteiger partial charge >= 0.3 is 0 Å². The van der Waals surface area contributed by atoms with Crippen molar-refractivity contribution in [3.05, 3.63) is 223 Å². The summed E-state index contributed by atoms with van der Waals surface area (Å²) in [6.07, 6.45) is 0. The van der Waals surface area contributed by atoms with Crippen molar-refractivity contribution in [3.63, 3.8) is 0 Å². The molecule has 13 rings (SSSR count). The van der Waals surface area contributed by atoms with Gasteiger partial charge in [-0.05, 0) is 115 Å². The molecule has 0 radical (unpaired) electrons. The van der Waals surface area contributed by atoms with Gasteiger partial charge in [-0.25, -0.2) is 0 Å². The summed E-state index contributed by atoms with van der Waals surface area (Å²) >= 11 is 0. The predicted molar refractivity (Wildman–Crippen MR) is 267 cm³/mol. The number of hydrogen-bond donors (Lipinski definition) is 0. The second-order valence-electron chi connectivity index (χ2n) is 17.6. The summed E-state index contributed by atoms with van der Waals surface area (Å²) in [7, 11) is 0. The van der Waals surface area contributed by atoms with E-state index in [9.17, 15) is 0 Å². The Bertz CT molecular complexity index is 3790. The number of rotatable bonds is 6. The molecule has 2 aromatic heterocycles. The number of benzene rings is 10. The quantitative estimate of drug-likeness (QED) is 0.167. The van der Waals surface area contributed by atoms with Crippen molar-refractivity contribution in [1.29, 1.82) is 0 Å². The second-order valence-corrected chi connectivity index (χ2v) is 17.6. The molecular formula is C61H41NO2. The van der Waals surface area contributed by atoms with Crippen molar-refractivity contribution in [2.24, 2.45) is 0 Å². The molecule has 0 aliphatic heterocycles. The maximum Gasteiger partial charge on any atom is 0.144 e. The SMILES string of the molecule is CC1(C)c2ccccc2-c2ccc(N(c3ccc(-c4ccccc4)cc3)c3ccc(-c4cccc5oc6c(-c7cccc8ccccc78)c7c(cc6c45)oc4ccccc47)cc3)cc21. The van der Waals surface area contributed by atoms with E-state index >= 15 is 0 Å². The van der Waals surface area contributed by atoms with Gasteiger partial charge in [0.1, 0.15) is 22.3 Å². The number of fused-ring (bicyclic) bond motifs is 10. The highest BCUT2D eigenvalue weighted by atomic mass is 16.3. The van der Waals surface area contributed by atoms with E-state index in [2.05, 4.69) is 225 Å². The molecule has 1 aliphatic rings. The lowest BCUT2D eigenvalue weighted by Gasteiger charge is -2.28. The summed E-state index contributed by atoms with van der Waals surface area (Å²) < 4.78 is 13.7. The summed E-state index contributed by atoms with van der Waals surface area (Å²) in [5.74, 6) is 0. The lowest BCUT2D eigenvalue weighted by molar-refractivity contribution is 0.660. The van der Waals surface area contributed by atoms with Gasteiger partial charge in [-0.2, -0.15) is 0 Å². The Morgan fingerprint density at radius 2 is 0.953 bits per heavy atom. The number of nitrogens with zero attached hydrogens (tertiary/aromatic N) is 1. The van der Waals surface area contributed by atoms with Crippen LogP contribution < -0.4 is 4.90 Å². The topological polar surface area (TPSA) is 29.5 Å². The smallest absolute Gasteiger partial charge is 0.144 e. The van der Waals surface area contributed by atoms with E-state index in [1.807, 2.05) is 6.07 Å². The van der Waals surface area contributed by atoms with Crippen LogP contribution in [0.2, 0.25) is 0 Å². The zero-order valence-corrected chi connectivity index (χ0v) is 35.5. The third-order valence-corrected chi connectivity index (χ3v) is 13.7. The fourth-order valence-corrected chi connectivity index (χ4v) is 10.6. The van der Waals surface area contributed by atoms with Gasteiger partial charge in [0, 0.05) is 49.6 Å². The zero-order valence-electron chi connectivity index (χ0n) is 35.5. The molecule has 0 unspecified atom stereocenters. The van der Waals surface area contributed by atoms with Crippen LogP contribution in [0.1, 0.15) is 25.0 Å². The maximum atomic E-state index is 7.02. The van der Waals surface area contributed by atoms with Crippen molar-refractivity contribution in [2.45, 2.75) is 19.3 Å². The summed E-state index contributed by atoms with van der Waals surface area (Å²) in [6.45, 7) is 4.69. The van der Waals surface area contributed by atoms with Crippen LogP contribution >= 0.6 is 0 Å². The molecule has 12 aromatic rings. The van der Waals surface area contributed by atoms with Crippen molar-refractivity contribution >= 4 is 71.7 Å². The third-order valence-electron chi connectivity index (χ3n) is 13.7. The molecule has 2 heterocycles. The lowest BCUT2D eigenvalue weighted by atomic mass is 9.82. The fourth-order valence-electron chi connectivity index (χ4n) is 10.6. The van der Waals surface area contributed by atoms with Crippen LogP contribution in [0.25, 0.3) is 99.2 Å². The Hall–Kier alpha value is -8.14. The minimum atomic E-state index is -0.123. The number of furan rings is 2. The molecule has 3 nitrogen and oxygen atoms in total. The molecular weight excluding hydrogens is 779 g/mol. The average molecular weight is 820 g/mol. The van der Waals surface area contributed by atoms with Crippen molar-refractivity contribution in [3.8, 4) is 44.5 Å². The summed E-state index contributed by atoms with van der Waals surface area (Å²) in [5, 5.41) is 6.61. The van der Waals surface area contributed by atoms with Crippen molar-refractivity contribution < 1.29 is 8.83 Å². The van der Waals surface area contributed by atoms with E-state index < -0.39 is 0 Å². The summed E-state index contributed by atoms with van der Waals surface area (Å²) in [6, 6.07) is 76.5. The van der Waals surface area contributed by atoms with Gasteiger partial charge in [0.2, 0.25) is 0 Å². The molecule has 0 atom stereocenters. The van der Waals surface area contributed by atoms with E-state index in [1.165, 1.54) is 44.2 Å². The van der Waals surface area contributed by atoms with Crippen LogP contribution in [0.15, 0.2) is 221 Å². The monoisotopic (exact) mass is 819 g/mol. The Balaban J connectivity index is 0.978. The number of anilines is 3. The first-order valence-corrected chi connectivity index (χ1v) is 22.1. The average Bonchev–Trinajstić information content (AvgIpc) is 3.99. The molecule has 64 heavy (non-hydrogen) atoms. The maximum absolute atomic E-state index is 7.02. The number of hydrogen-bond acceptors (Lipinski definition) is 3. The molecule has 0 N–H and O–H groups in total. The number of para-hydroxylation sites is 1.